The van der Waals surface area contributed by atoms with Gasteiger partial charge in [0.2, 0.25) is 0 Å². The van der Waals surface area contributed by atoms with E-state index >= 15 is 0 Å². The summed E-state index contributed by atoms with van der Waals surface area (Å²) < 4.78 is 12.2. The zero-order valence-corrected chi connectivity index (χ0v) is 23.9. The molecule has 0 aliphatic carbocycles. The second-order valence-corrected chi connectivity index (χ2v) is 10.4. The predicted molar refractivity (Wildman–Crippen MR) is 152 cm³/mol. The number of hydrazone groups is 1. The van der Waals surface area contributed by atoms with Gasteiger partial charge in [0.25, 0.3) is 11.8 Å². The zero-order valence-electron chi connectivity index (χ0n) is 20.7. The van der Waals surface area contributed by atoms with Crippen LogP contribution in [0.5, 0.6) is 17.2 Å². The molecule has 2 amide bonds. The van der Waals surface area contributed by atoms with Gasteiger partial charge in [-0.1, -0.05) is 12.1 Å². The summed E-state index contributed by atoms with van der Waals surface area (Å²) in [5, 5.41) is 13.8. The van der Waals surface area contributed by atoms with Gasteiger partial charge in [0.1, 0.15) is 12.4 Å². The molecule has 3 aromatic carbocycles. The van der Waals surface area contributed by atoms with Crippen molar-refractivity contribution in [2.24, 2.45) is 5.10 Å². The number of benzene rings is 3. The molecular formula is C28H27Br2N3O5. The van der Waals surface area contributed by atoms with Gasteiger partial charge in [-0.15, -0.1) is 0 Å². The van der Waals surface area contributed by atoms with E-state index in [1.165, 1.54) is 24.8 Å². The first-order chi connectivity index (χ1) is 18.4. The molecule has 3 aromatic rings. The summed E-state index contributed by atoms with van der Waals surface area (Å²) in [5.74, 6) is 0.734. The molecule has 1 saturated heterocycles. The minimum atomic E-state index is -0.432. The summed E-state index contributed by atoms with van der Waals surface area (Å²) in [6, 6.07) is 15.8. The van der Waals surface area contributed by atoms with Gasteiger partial charge < -0.3 is 19.5 Å². The third-order valence-corrected chi connectivity index (χ3v) is 7.29. The topological polar surface area (TPSA) is 100 Å². The first kappa shape index (κ1) is 27.7. The molecule has 0 unspecified atom stereocenters. The van der Waals surface area contributed by atoms with Crippen molar-refractivity contribution in [2.75, 3.05) is 20.2 Å². The molecule has 8 nitrogen and oxygen atoms in total. The summed E-state index contributed by atoms with van der Waals surface area (Å²) >= 11 is 6.41. The Morgan fingerprint density at radius 1 is 0.974 bits per heavy atom. The van der Waals surface area contributed by atoms with Crippen molar-refractivity contribution in [2.45, 2.75) is 25.9 Å². The average Bonchev–Trinajstić information content (AvgIpc) is 2.95. The summed E-state index contributed by atoms with van der Waals surface area (Å²) in [6.07, 6.45) is 4.81. The number of likely N-dealkylation sites (tertiary alicyclic amines) is 1. The summed E-state index contributed by atoms with van der Waals surface area (Å²) in [5.41, 5.74) is 5.10. The number of piperidine rings is 1. The second-order valence-electron chi connectivity index (χ2n) is 8.74. The molecule has 1 heterocycles. The molecular weight excluding hydrogens is 618 g/mol. The summed E-state index contributed by atoms with van der Waals surface area (Å²) in [4.78, 5) is 27.0. The third kappa shape index (κ3) is 6.93. The highest BCUT2D eigenvalue weighted by Gasteiger charge is 2.18. The zero-order chi connectivity index (χ0) is 27.1. The van der Waals surface area contributed by atoms with E-state index in [-0.39, 0.29) is 11.7 Å². The Kier molecular flexibility index (Phi) is 9.41. The Balaban J connectivity index is 1.34. The van der Waals surface area contributed by atoms with Crippen molar-refractivity contribution in [3.8, 4) is 17.2 Å². The molecule has 0 bridgehead atoms. The smallest absolute Gasteiger partial charge is 0.271 e. The summed E-state index contributed by atoms with van der Waals surface area (Å²) in [7, 11) is 1.55. The number of rotatable bonds is 8. The lowest BCUT2D eigenvalue weighted by Gasteiger charge is -2.26. The molecule has 198 valence electrons. The Morgan fingerprint density at radius 3 is 2.32 bits per heavy atom. The van der Waals surface area contributed by atoms with E-state index in [9.17, 15) is 14.7 Å². The molecule has 0 saturated carbocycles. The number of aromatic hydroxyl groups is 1. The largest absolute Gasteiger partial charge is 0.506 e. The quantitative estimate of drug-likeness (QED) is 0.235. The van der Waals surface area contributed by atoms with Crippen LogP contribution < -0.4 is 14.9 Å². The Labute approximate surface area is 237 Å². The lowest BCUT2D eigenvalue weighted by molar-refractivity contribution is 0.0724. The van der Waals surface area contributed by atoms with E-state index in [1.54, 1.807) is 25.3 Å². The lowest BCUT2D eigenvalue weighted by atomic mass is 10.1. The minimum Gasteiger partial charge on any atom is -0.506 e. The van der Waals surface area contributed by atoms with Crippen LogP contribution in [0.25, 0.3) is 0 Å². The Bertz CT molecular complexity index is 1320. The van der Waals surface area contributed by atoms with Crippen LogP contribution in [0.3, 0.4) is 0 Å². The number of nitrogens with zero attached hydrogens (tertiary/aromatic N) is 2. The van der Waals surface area contributed by atoms with Crippen LogP contribution in [0.1, 0.15) is 51.1 Å². The van der Waals surface area contributed by atoms with Crippen molar-refractivity contribution in [1.29, 1.82) is 0 Å². The van der Waals surface area contributed by atoms with Crippen LogP contribution in [-0.2, 0) is 6.61 Å². The minimum absolute atomic E-state index is 0.0134. The number of phenols is 1. The first-order valence-corrected chi connectivity index (χ1v) is 13.6. The number of halogens is 2. The van der Waals surface area contributed by atoms with Gasteiger partial charge in [-0.25, -0.2) is 5.43 Å². The molecule has 4 rings (SSSR count). The van der Waals surface area contributed by atoms with Crippen LogP contribution in [0.2, 0.25) is 0 Å². The number of hydrogen-bond acceptors (Lipinski definition) is 6. The molecule has 10 heteroatoms. The van der Waals surface area contributed by atoms with E-state index in [4.69, 9.17) is 9.47 Å². The van der Waals surface area contributed by atoms with Crippen LogP contribution in [-0.4, -0.2) is 48.2 Å². The van der Waals surface area contributed by atoms with Crippen LogP contribution in [0, 0.1) is 0 Å². The van der Waals surface area contributed by atoms with Gasteiger partial charge in [0, 0.05) is 24.2 Å². The van der Waals surface area contributed by atoms with E-state index in [1.807, 2.05) is 29.2 Å². The molecule has 0 aromatic heterocycles. The fourth-order valence-electron chi connectivity index (χ4n) is 3.99. The molecule has 1 aliphatic heterocycles. The van der Waals surface area contributed by atoms with E-state index in [0.717, 1.165) is 31.5 Å². The molecule has 0 spiro atoms. The number of ether oxygens (including phenoxy) is 2. The third-order valence-electron chi connectivity index (χ3n) is 6.08. The monoisotopic (exact) mass is 643 g/mol. The molecule has 0 radical (unpaired) electrons. The molecule has 2 N–H and O–H groups in total. The summed E-state index contributed by atoms with van der Waals surface area (Å²) in [6.45, 7) is 1.96. The second kappa shape index (κ2) is 12.9. The number of nitrogens with one attached hydrogen (secondary N) is 1. The van der Waals surface area contributed by atoms with Gasteiger partial charge in [-0.3, -0.25) is 9.59 Å². The SMILES string of the molecule is COc1cc(/C=N\NC(=O)c2cc(Br)c(O)c(Br)c2)ccc1OCc1ccc(C(=O)N2CCCCC2)cc1. The number of hydrogen-bond donors (Lipinski definition) is 2. The fraction of sp³-hybridized carbons (Fsp3) is 0.250. The fourth-order valence-corrected chi connectivity index (χ4v) is 5.18. The maximum absolute atomic E-state index is 12.7. The number of carbonyl (C=O) groups is 2. The molecule has 0 atom stereocenters. The number of phenolic OH excluding ortho intramolecular Hbond substituents is 1. The van der Waals surface area contributed by atoms with Crippen LogP contribution in [0.4, 0.5) is 0 Å². The molecule has 1 fully saturated rings. The van der Waals surface area contributed by atoms with E-state index < -0.39 is 5.91 Å². The first-order valence-electron chi connectivity index (χ1n) is 12.1. The highest BCUT2D eigenvalue weighted by Crippen LogP contribution is 2.33. The van der Waals surface area contributed by atoms with Crippen molar-refractivity contribution < 1.29 is 24.2 Å². The van der Waals surface area contributed by atoms with Gasteiger partial charge in [-0.2, -0.15) is 5.10 Å². The highest BCUT2D eigenvalue weighted by molar-refractivity contribution is 9.11. The van der Waals surface area contributed by atoms with Gasteiger partial charge in [0.15, 0.2) is 11.5 Å². The number of carbonyl (C=O) groups excluding carboxylic acids is 2. The Morgan fingerprint density at radius 2 is 1.66 bits per heavy atom. The van der Waals surface area contributed by atoms with Crippen LogP contribution >= 0.6 is 31.9 Å². The number of methoxy groups -OCH3 is 1. The standard InChI is InChI=1S/C28H27Br2N3O5/c1-37-25-13-19(16-31-32-27(35)21-14-22(29)26(34)23(30)15-21)7-10-24(25)38-17-18-5-8-20(9-6-18)28(36)33-11-3-2-4-12-33/h5-10,13-16,34H,2-4,11-12,17H2,1H3,(H,32,35)/b31-16-. The van der Waals surface area contributed by atoms with Crippen molar-refractivity contribution in [3.63, 3.8) is 0 Å². The van der Waals surface area contributed by atoms with Crippen molar-refractivity contribution in [3.05, 3.63) is 85.8 Å². The van der Waals surface area contributed by atoms with Crippen molar-refractivity contribution in [1.82, 2.24) is 10.3 Å². The molecule has 38 heavy (non-hydrogen) atoms. The van der Waals surface area contributed by atoms with E-state index in [0.29, 0.717) is 43.7 Å². The number of amides is 2. The highest BCUT2D eigenvalue weighted by atomic mass is 79.9. The average molecular weight is 645 g/mol. The van der Waals surface area contributed by atoms with Gasteiger partial charge in [0.05, 0.1) is 22.3 Å². The Hall–Kier alpha value is -3.37. The molecule has 1 aliphatic rings. The van der Waals surface area contributed by atoms with E-state index in [2.05, 4.69) is 42.4 Å². The predicted octanol–water partition coefficient (Wildman–Crippen LogP) is 5.89. The van der Waals surface area contributed by atoms with Gasteiger partial charge >= 0.3 is 0 Å². The normalized spacial score (nSPS) is 13.4. The van der Waals surface area contributed by atoms with Crippen molar-refractivity contribution >= 4 is 49.9 Å². The van der Waals surface area contributed by atoms with Crippen LogP contribution in [0.15, 0.2) is 68.6 Å². The maximum atomic E-state index is 12.7. The van der Waals surface area contributed by atoms with Gasteiger partial charge in [-0.05, 0) is 105 Å². The lowest BCUT2D eigenvalue weighted by Crippen LogP contribution is -2.35. The maximum Gasteiger partial charge on any atom is 0.271 e.